The zero-order chi connectivity index (χ0) is 33.2. The number of carbonyl (C=O) groups is 3. The Kier molecular flexibility index (Phi) is 9.29. The molecule has 3 amide bonds. The van der Waals surface area contributed by atoms with E-state index < -0.39 is 29.1 Å². The van der Waals surface area contributed by atoms with Gasteiger partial charge in [0.05, 0.1) is 23.0 Å². The van der Waals surface area contributed by atoms with Gasteiger partial charge >= 0.3 is 0 Å². The van der Waals surface area contributed by atoms with Gasteiger partial charge in [0.1, 0.15) is 23.8 Å². The van der Waals surface area contributed by atoms with Crippen LogP contribution in [0.4, 0.5) is 5.69 Å². The van der Waals surface area contributed by atoms with Crippen LogP contribution in [-0.2, 0) is 25.8 Å². The van der Waals surface area contributed by atoms with Crippen LogP contribution in [0.2, 0.25) is 0 Å². The lowest BCUT2D eigenvalue weighted by Gasteiger charge is -2.37. The number of hydrogen-bond donors (Lipinski definition) is 1. The second kappa shape index (κ2) is 13.4. The molecule has 0 saturated carbocycles. The van der Waals surface area contributed by atoms with Crippen molar-refractivity contribution in [2.75, 3.05) is 31.1 Å². The summed E-state index contributed by atoms with van der Waals surface area (Å²) in [5.41, 5.74) is 0.145. The molecule has 6 rings (SSSR count). The predicted molar refractivity (Wildman–Crippen MR) is 178 cm³/mol. The monoisotopic (exact) mass is 640 g/mol. The number of rotatable bonds is 15. The average Bonchev–Trinajstić information content (AvgIpc) is 3.78. The van der Waals surface area contributed by atoms with E-state index >= 15 is 0 Å². The Morgan fingerprint density at radius 2 is 1.72 bits per heavy atom. The maximum Gasteiger partial charge on any atom is 0.250 e. The number of aromatic nitrogens is 3. The molecular weight excluding hydrogens is 596 g/mol. The third-order valence-corrected chi connectivity index (χ3v) is 10.1. The van der Waals surface area contributed by atoms with Crippen LogP contribution in [0.1, 0.15) is 45.4 Å². The number of hydrogen-bond acceptors (Lipinski definition) is 7. The van der Waals surface area contributed by atoms with Crippen LogP contribution >= 0.6 is 0 Å². The van der Waals surface area contributed by atoms with Gasteiger partial charge in [0.25, 0.3) is 0 Å². The number of para-hydroxylation sites is 2. The van der Waals surface area contributed by atoms with E-state index in [-0.39, 0.29) is 44.1 Å². The van der Waals surface area contributed by atoms with Crippen molar-refractivity contribution in [3.63, 3.8) is 0 Å². The van der Waals surface area contributed by atoms with E-state index in [1.165, 1.54) is 0 Å². The van der Waals surface area contributed by atoms with Crippen molar-refractivity contribution in [3.8, 4) is 0 Å². The van der Waals surface area contributed by atoms with E-state index in [0.717, 1.165) is 18.4 Å². The molecular formula is C36H44N6O5. The molecule has 3 aromatic rings. The molecule has 0 radical (unpaired) electrons. The number of fused-ring (bicyclic) bond motifs is 2. The summed E-state index contributed by atoms with van der Waals surface area (Å²) < 4.78 is 8.58. The zero-order valence-electron chi connectivity index (χ0n) is 27.0. The third-order valence-electron chi connectivity index (χ3n) is 10.1. The molecule has 11 heteroatoms. The summed E-state index contributed by atoms with van der Waals surface area (Å²) >= 11 is 0. The summed E-state index contributed by atoms with van der Waals surface area (Å²) in [5, 5.41) is 17.8. The number of aliphatic hydroxyl groups excluding tert-OH is 1. The van der Waals surface area contributed by atoms with E-state index in [0.29, 0.717) is 43.4 Å². The van der Waals surface area contributed by atoms with Gasteiger partial charge in [-0.1, -0.05) is 60.5 Å². The first-order valence-electron chi connectivity index (χ1n) is 16.6. The Morgan fingerprint density at radius 3 is 2.47 bits per heavy atom. The van der Waals surface area contributed by atoms with Crippen molar-refractivity contribution >= 4 is 34.4 Å². The van der Waals surface area contributed by atoms with Crippen LogP contribution in [0.15, 0.2) is 79.9 Å². The van der Waals surface area contributed by atoms with Gasteiger partial charge in [0, 0.05) is 31.9 Å². The van der Waals surface area contributed by atoms with Crippen molar-refractivity contribution in [1.82, 2.24) is 24.8 Å². The molecule has 5 atom stereocenters. The van der Waals surface area contributed by atoms with Gasteiger partial charge in [0.15, 0.2) is 0 Å². The van der Waals surface area contributed by atoms with E-state index in [9.17, 15) is 19.5 Å². The number of nitrogens with zero attached hydrogens (tertiary/aromatic N) is 6. The fraction of sp³-hybridized carbons (Fsp3) is 0.472. The zero-order valence-corrected chi connectivity index (χ0v) is 27.0. The van der Waals surface area contributed by atoms with Gasteiger partial charge in [0.2, 0.25) is 17.7 Å². The molecule has 11 nitrogen and oxygen atoms in total. The first kappa shape index (κ1) is 32.6. The van der Waals surface area contributed by atoms with E-state index in [1.54, 1.807) is 31.5 Å². The minimum atomic E-state index is -1.16. The molecule has 1 N–H and O–H groups in total. The number of ether oxygens (including phenoxy) is 1. The maximum atomic E-state index is 14.9. The standard InChI is InChI=1S/C36H44N6O5/c1-4-21-39(25-42-28-18-12-11-17-27(28)37-38-42)34(46)31-36-20-19-35(3,47-36)29(30(36)33(45)41(31)23-13-6-7-14-24-43)32(44)40(22-5-2)26-15-9-8-10-16-26/h4-5,8-12,15-18,29-31,43H,1-2,6-7,13-14,19-25H2,3H3/t29-,30-,31?,35+,36?/m0/s1. The van der Waals surface area contributed by atoms with Gasteiger partial charge in [-0.15, -0.1) is 18.3 Å². The lowest BCUT2D eigenvalue weighted by molar-refractivity contribution is -0.152. The third kappa shape index (κ3) is 5.65. The Morgan fingerprint density at radius 1 is 1.00 bits per heavy atom. The predicted octanol–water partition coefficient (Wildman–Crippen LogP) is 3.94. The van der Waals surface area contributed by atoms with Crippen LogP contribution in [0, 0.1) is 11.8 Å². The number of unbranched alkanes of at least 4 members (excludes halogenated alkanes) is 3. The van der Waals surface area contributed by atoms with Crippen molar-refractivity contribution in [2.24, 2.45) is 11.8 Å². The summed E-state index contributed by atoms with van der Waals surface area (Å²) in [7, 11) is 0. The summed E-state index contributed by atoms with van der Waals surface area (Å²) in [6, 6.07) is 16.0. The van der Waals surface area contributed by atoms with Crippen LogP contribution in [0.3, 0.4) is 0 Å². The molecule has 3 aliphatic heterocycles. The van der Waals surface area contributed by atoms with Crippen molar-refractivity contribution in [2.45, 2.75) is 69.4 Å². The fourth-order valence-corrected chi connectivity index (χ4v) is 8.03. The minimum Gasteiger partial charge on any atom is -0.396 e. The summed E-state index contributed by atoms with van der Waals surface area (Å²) in [6.07, 6.45) is 7.34. The number of amides is 3. The molecule has 1 spiro atoms. The molecule has 0 aliphatic carbocycles. The first-order valence-corrected chi connectivity index (χ1v) is 16.6. The molecule has 3 saturated heterocycles. The highest BCUT2D eigenvalue weighted by Crippen LogP contribution is 2.63. The highest BCUT2D eigenvalue weighted by Gasteiger charge is 2.78. The van der Waals surface area contributed by atoms with Gasteiger partial charge in [-0.05, 0) is 56.9 Å². The smallest absolute Gasteiger partial charge is 0.250 e. The van der Waals surface area contributed by atoms with Crippen LogP contribution in [0.5, 0.6) is 0 Å². The molecule has 2 aromatic carbocycles. The van der Waals surface area contributed by atoms with Crippen LogP contribution < -0.4 is 4.90 Å². The Hall–Kier alpha value is -4.35. The van der Waals surface area contributed by atoms with Crippen molar-refractivity contribution in [3.05, 3.63) is 79.9 Å². The number of anilines is 1. The number of benzene rings is 2. The summed E-state index contributed by atoms with van der Waals surface area (Å²) in [4.78, 5) is 49.1. The minimum absolute atomic E-state index is 0.112. The molecule has 47 heavy (non-hydrogen) atoms. The molecule has 1 aromatic heterocycles. The van der Waals surface area contributed by atoms with Gasteiger partial charge < -0.3 is 24.5 Å². The van der Waals surface area contributed by atoms with Crippen molar-refractivity contribution < 1.29 is 24.2 Å². The Labute approximate surface area is 275 Å². The summed E-state index contributed by atoms with van der Waals surface area (Å²) in [6.45, 7) is 10.8. The Bertz CT molecular complexity index is 1640. The highest BCUT2D eigenvalue weighted by molar-refractivity contribution is 6.03. The maximum absolute atomic E-state index is 14.9. The van der Waals surface area contributed by atoms with Crippen LogP contribution in [0.25, 0.3) is 11.0 Å². The van der Waals surface area contributed by atoms with E-state index in [4.69, 9.17) is 4.74 Å². The normalized spacial score (nSPS) is 26.0. The SMILES string of the molecule is C=CCN(Cn1nnc2ccccc21)C(=O)C1N(CCCCCCO)C(=O)[C@@H]2[C@@H](C(=O)N(CC=C)c3ccccc3)[C@@]3(C)CCC12O3. The highest BCUT2D eigenvalue weighted by atomic mass is 16.5. The molecule has 2 unspecified atom stereocenters. The lowest BCUT2D eigenvalue weighted by atomic mass is 9.66. The van der Waals surface area contributed by atoms with Crippen LogP contribution in [-0.4, -0.2) is 91.1 Å². The first-order chi connectivity index (χ1) is 22.8. The number of likely N-dealkylation sites (tertiary alicyclic amines) is 1. The second-order valence-corrected chi connectivity index (χ2v) is 13.0. The lowest BCUT2D eigenvalue weighted by Crippen LogP contribution is -2.56. The van der Waals surface area contributed by atoms with Gasteiger partial charge in [-0.3, -0.25) is 14.4 Å². The Balaban J connectivity index is 1.37. The van der Waals surface area contributed by atoms with Crippen molar-refractivity contribution in [1.29, 1.82) is 0 Å². The average molecular weight is 641 g/mol. The summed E-state index contributed by atoms with van der Waals surface area (Å²) in [5.74, 6) is -2.27. The number of carbonyl (C=O) groups excluding carboxylic acids is 3. The topological polar surface area (TPSA) is 121 Å². The second-order valence-electron chi connectivity index (χ2n) is 13.0. The quantitative estimate of drug-likeness (QED) is 0.197. The largest absolute Gasteiger partial charge is 0.396 e. The molecule has 2 bridgehead atoms. The molecule has 248 valence electrons. The van der Waals surface area contributed by atoms with E-state index in [2.05, 4.69) is 23.5 Å². The van der Waals surface area contributed by atoms with Gasteiger partial charge in [-0.2, -0.15) is 0 Å². The molecule has 4 heterocycles. The van der Waals surface area contributed by atoms with Gasteiger partial charge in [-0.25, -0.2) is 4.68 Å². The molecule has 3 aliphatic rings. The fourth-order valence-electron chi connectivity index (χ4n) is 8.03. The number of aliphatic hydroxyl groups is 1. The molecule has 3 fully saturated rings. The van der Waals surface area contributed by atoms with E-state index in [1.807, 2.05) is 61.5 Å².